The van der Waals surface area contributed by atoms with Gasteiger partial charge in [-0.3, -0.25) is 0 Å². The normalized spacial score (nSPS) is 11.6. The summed E-state index contributed by atoms with van der Waals surface area (Å²) in [6, 6.07) is 75.2. The molecule has 3 heteroatoms. The molecule has 2 heterocycles. The number of para-hydroxylation sites is 2. The number of hydrogen-bond acceptors (Lipinski definition) is 2. The summed E-state index contributed by atoms with van der Waals surface area (Å²) in [5.74, 6) is 0. The van der Waals surface area contributed by atoms with Gasteiger partial charge in [-0.05, 0) is 112 Å². The van der Waals surface area contributed by atoms with Crippen molar-refractivity contribution in [1.29, 1.82) is 0 Å². The van der Waals surface area contributed by atoms with Crippen molar-refractivity contribution in [3.63, 3.8) is 0 Å². The highest BCUT2D eigenvalue weighted by Crippen LogP contribution is 2.40. The molecule has 258 valence electrons. The van der Waals surface area contributed by atoms with E-state index in [0.717, 1.165) is 17.1 Å². The summed E-state index contributed by atoms with van der Waals surface area (Å²) >= 11 is 1.86. The number of fused-ring (bicyclic) bond motifs is 7. The van der Waals surface area contributed by atoms with Crippen LogP contribution in [0, 0.1) is 0 Å². The van der Waals surface area contributed by atoms with Gasteiger partial charge in [-0.15, -0.1) is 11.3 Å². The third kappa shape index (κ3) is 5.40. The predicted octanol–water partition coefficient (Wildman–Crippen LogP) is 15.1. The molecular formula is C52H34N2S. The van der Waals surface area contributed by atoms with Crippen LogP contribution in [0.25, 0.3) is 80.7 Å². The number of nitrogens with zero attached hydrogens (tertiary/aromatic N) is 2. The molecule has 9 aromatic carbocycles. The Morgan fingerprint density at radius 2 is 0.964 bits per heavy atom. The van der Waals surface area contributed by atoms with Gasteiger partial charge in [-0.2, -0.15) is 0 Å². The van der Waals surface area contributed by atoms with E-state index in [9.17, 15) is 0 Å². The van der Waals surface area contributed by atoms with Crippen LogP contribution in [0.2, 0.25) is 0 Å². The van der Waals surface area contributed by atoms with Crippen molar-refractivity contribution < 1.29 is 0 Å². The standard InChI is InChI=1S/C52H34N2S/c1-2-14-41(15-3-1)53(43-27-25-35-11-4-5-12-38(35)32-43)42-16-10-13-39(31-42)36-21-23-37(24-22-36)40-26-29-50-47(33-40)45-17-6-8-19-49(45)54(50)44-28-30-52-48(34-44)46-18-7-9-20-51(46)55-52/h1-34H. The minimum atomic E-state index is 1.12. The van der Waals surface area contributed by atoms with E-state index in [1.165, 1.54) is 80.7 Å². The lowest BCUT2D eigenvalue weighted by molar-refractivity contribution is 1.19. The Kier molecular flexibility index (Phi) is 7.39. The van der Waals surface area contributed by atoms with E-state index in [0.29, 0.717) is 0 Å². The van der Waals surface area contributed by atoms with Crippen LogP contribution in [0.3, 0.4) is 0 Å². The van der Waals surface area contributed by atoms with Crippen molar-refractivity contribution in [2.45, 2.75) is 0 Å². The molecule has 2 nitrogen and oxygen atoms in total. The zero-order chi connectivity index (χ0) is 36.3. The van der Waals surface area contributed by atoms with Crippen molar-refractivity contribution in [2.24, 2.45) is 0 Å². The first-order valence-electron chi connectivity index (χ1n) is 18.7. The summed E-state index contributed by atoms with van der Waals surface area (Å²) in [5.41, 5.74) is 11.8. The minimum Gasteiger partial charge on any atom is -0.310 e. The smallest absolute Gasteiger partial charge is 0.0541 e. The monoisotopic (exact) mass is 718 g/mol. The predicted molar refractivity (Wildman–Crippen MR) is 237 cm³/mol. The van der Waals surface area contributed by atoms with Crippen LogP contribution in [0.1, 0.15) is 0 Å². The van der Waals surface area contributed by atoms with Gasteiger partial charge in [-0.25, -0.2) is 0 Å². The molecule has 0 radical (unpaired) electrons. The zero-order valence-electron chi connectivity index (χ0n) is 29.9. The second-order valence-corrected chi connectivity index (χ2v) is 15.3. The molecule has 0 spiro atoms. The Labute approximate surface area is 323 Å². The fourth-order valence-corrected chi connectivity index (χ4v) is 9.39. The molecule has 11 rings (SSSR count). The molecule has 11 aromatic rings. The summed E-state index contributed by atoms with van der Waals surface area (Å²) < 4.78 is 5.07. The highest BCUT2D eigenvalue weighted by molar-refractivity contribution is 7.25. The topological polar surface area (TPSA) is 8.17 Å². The van der Waals surface area contributed by atoms with E-state index >= 15 is 0 Å². The first-order valence-corrected chi connectivity index (χ1v) is 19.6. The number of anilines is 3. The fourth-order valence-electron chi connectivity index (χ4n) is 8.30. The molecule has 0 unspecified atom stereocenters. The quantitative estimate of drug-likeness (QED) is 0.166. The van der Waals surface area contributed by atoms with Gasteiger partial charge in [-0.1, -0.05) is 127 Å². The Hall–Kier alpha value is -6.94. The Morgan fingerprint density at radius 1 is 0.327 bits per heavy atom. The van der Waals surface area contributed by atoms with Crippen molar-refractivity contribution in [3.8, 4) is 27.9 Å². The molecule has 2 aromatic heterocycles. The van der Waals surface area contributed by atoms with Gasteiger partial charge in [0.1, 0.15) is 0 Å². The maximum atomic E-state index is 2.42. The van der Waals surface area contributed by atoms with Gasteiger partial charge in [0.2, 0.25) is 0 Å². The van der Waals surface area contributed by atoms with Gasteiger partial charge in [0, 0.05) is 53.7 Å². The van der Waals surface area contributed by atoms with Crippen LogP contribution in [-0.2, 0) is 0 Å². The van der Waals surface area contributed by atoms with Crippen molar-refractivity contribution in [2.75, 3.05) is 4.90 Å². The maximum absolute atomic E-state index is 2.42. The van der Waals surface area contributed by atoms with E-state index in [1.54, 1.807) is 0 Å². The summed E-state index contributed by atoms with van der Waals surface area (Å²) in [5, 5.41) is 7.62. The second-order valence-electron chi connectivity index (χ2n) is 14.2. The summed E-state index contributed by atoms with van der Waals surface area (Å²) in [6.45, 7) is 0. The van der Waals surface area contributed by atoms with Gasteiger partial charge in [0.05, 0.1) is 11.0 Å². The average molecular weight is 719 g/mol. The van der Waals surface area contributed by atoms with Crippen molar-refractivity contribution >= 4 is 81.1 Å². The van der Waals surface area contributed by atoms with Gasteiger partial charge < -0.3 is 9.47 Å². The van der Waals surface area contributed by atoms with E-state index < -0.39 is 0 Å². The SMILES string of the molecule is c1ccc(N(c2cccc(-c3ccc(-c4ccc5c(c4)c4ccccc4n5-c4ccc5sc6ccccc6c5c4)cc3)c2)c2ccc3ccccc3c2)cc1. The largest absolute Gasteiger partial charge is 0.310 e. The van der Waals surface area contributed by atoms with Crippen LogP contribution in [0.15, 0.2) is 206 Å². The van der Waals surface area contributed by atoms with E-state index in [-0.39, 0.29) is 0 Å². The summed E-state index contributed by atoms with van der Waals surface area (Å²) in [6.07, 6.45) is 0. The lowest BCUT2D eigenvalue weighted by Crippen LogP contribution is -2.09. The van der Waals surface area contributed by atoms with E-state index in [4.69, 9.17) is 0 Å². The number of rotatable bonds is 6. The molecule has 0 N–H and O–H groups in total. The third-order valence-electron chi connectivity index (χ3n) is 11.0. The van der Waals surface area contributed by atoms with Gasteiger partial charge in [0.15, 0.2) is 0 Å². The lowest BCUT2D eigenvalue weighted by atomic mass is 9.98. The average Bonchev–Trinajstić information content (AvgIpc) is 3.79. The molecule has 0 amide bonds. The lowest BCUT2D eigenvalue weighted by Gasteiger charge is -2.26. The molecule has 0 atom stereocenters. The van der Waals surface area contributed by atoms with Gasteiger partial charge >= 0.3 is 0 Å². The molecule has 0 fully saturated rings. The van der Waals surface area contributed by atoms with Crippen LogP contribution < -0.4 is 4.90 Å². The number of benzene rings is 9. The maximum Gasteiger partial charge on any atom is 0.0541 e. The molecule has 55 heavy (non-hydrogen) atoms. The molecular weight excluding hydrogens is 685 g/mol. The first-order chi connectivity index (χ1) is 27.2. The Balaban J connectivity index is 0.958. The second kappa shape index (κ2) is 12.9. The van der Waals surface area contributed by atoms with Crippen LogP contribution in [0.5, 0.6) is 0 Å². The van der Waals surface area contributed by atoms with Crippen molar-refractivity contribution in [1.82, 2.24) is 4.57 Å². The van der Waals surface area contributed by atoms with Crippen molar-refractivity contribution in [3.05, 3.63) is 206 Å². The number of aromatic nitrogens is 1. The Morgan fingerprint density at radius 3 is 1.82 bits per heavy atom. The highest BCUT2D eigenvalue weighted by atomic mass is 32.1. The molecule has 0 aliphatic heterocycles. The third-order valence-corrected chi connectivity index (χ3v) is 12.1. The minimum absolute atomic E-state index is 1.12. The van der Waals surface area contributed by atoms with E-state index in [1.807, 2.05) is 11.3 Å². The molecule has 0 aliphatic rings. The molecule has 0 bridgehead atoms. The highest BCUT2D eigenvalue weighted by Gasteiger charge is 2.16. The Bertz CT molecular complexity index is 3210. The van der Waals surface area contributed by atoms with Crippen LogP contribution in [-0.4, -0.2) is 4.57 Å². The fraction of sp³-hybridized carbons (Fsp3) is 0. The van der Waals surface area contributed by atoms with Gasteiger partial charge in [0.25, 0.3) is 0 Å². The summed E-state index contributed by atoms with van der Waals surface area (Å²) in [7, 11) is 0. The molecule has 0 saturated heterocycles. The zero-order valence-corrected chi connectivity index (χ0v) is 30.7. The molecule has 0 aliphatic carbocycles. The summed E-state index contributed by atoms with van der Waals surface area (Å²) in [4.78, 5) is 2.34. The van der Waals surface area contributed by atoms with Crippen LogP contribution in [0.4, 0.5) is 17.1 Å². The number of hydrogen-bond donors (Lipinski definition) is 0. The first kappa shape index (κ1) is 31.6. The number of thiophene rings is 1. The molecule has 0 saturated carbocycles. The van der Waals surface area contributed by atoms with E-state index in [2.05, 4.69) is 216 Å². The van der Waals surface area contributed by atoms with Crippen LogP contribution >= 0.6 is 11.3 Å².